The van der Waals surface area contributed by atoms with Crippen molar-refractivity contribution in [3.63, 3.8) is 0 Å². The van der Waals surface area contributed by atoms with Crippen LogP contribution in [0.3, 0.4) is 0 Å². The molecule has 7 N–H and O–H groups in total. The smallest absolute Gasteiger partial charge is 0.756 e. The van der Waals surface area contributed by atoms with Gasteiger partial charge in [-0.3, -0.25) is 14.2 Å². The van der Waals surface area contributed by atoms with E-state index in [0.29, 0.717) is 12.8 Å². The van der Waals surface area contributed by atoms with E-state index in [9.17, 15) is 54.8 Å². The summed E-state index contributed by atoms with van der Waals surface area (Å²) in [5.41, 5.74) is 0. The Morgan fingerprint density at radius 2 is 1.00 bits per heavy atom. The van der Waals surface area contributed by atoms with Crippen LogP contribution in [-0.4, -0.2) is 135 Å². The van der Waals surface area contributed by atoms with E-state index in [1.807, 2.05) is 0 Å². The van der Waals surface area contributed by atoms with Gasteiger partial charge in [-0.25, -0.2) is 0 Å². The summed E-state index contributed by atoms with van der Waals surface area (Å²) < 4.78 is 45.4. The van der Waals surface area contributed by atoms with Gasteiger partial charge in [0.25, 0.3) is 7.82 Å². The number of carbonyl (C=O) groups excluding carboxylic acids is 2. The average molecular weight is 979 g/mol. The molecule has 2 fully saturated rings. The molecule has 0 aromatic heterocycles. The van der Waals surface area contributed by atoms with Crippen molar-refractivity contribution in [2.45, 2.75) is 267 Å². The van der Waals surface area contributed by atoms with Crippen LogP contribution in [-0.2, 0) is 42.1 Å². The second kappa shape index (κ2) is 38.4. The van der Waals surface area contributed by atoms with Crippen molar-refractivity contribution in [3.8, 4) is 0 Å². The van der Waals surface area contributed by atoms with Crippen LogP contribution in [0.5, 0.6) is 0 Å². The van der Waals surface area contributed by atoms with Gasteiger partial charge in [-0.15, -0.1) is 0 Å². The topological polar surface area (TPSA) is 271 Å². The van der Waals surface area contributed by atoms with Gasteiger partial charge in [-0.2, -0.15) is 0 Å². The van der Waals surface area contributed by atoms with Crippen molar-refractivity contribution >= 4 is 19.8 Å². The second-order valence-corrected chi connectivity index (χ2v) is 19.6. The number of unbranched alkanes of at least 4 members (excludes halogenated alkanes) is 24. The monoisotopic (exact) mass is 979 g/mol. The molecule has 12 atom stereocenters. The summed E-state index contributed by atoms with van der Waals surface area (Å²) in [7, 11) is -5.54. The molecule has 0 aromatic rings. The minimum Gasteiger partial charge on any atom is -0.756 e. The molecule has 0 aromatic carbocycles. The molecule has 1 heterocycles. The number of carbonyl (C=O) groups is 2. The third kappa shape index (κ3) is 27.3. The maximum atomic E-state index is 13.3. The third-order valence-corrected chi connectivity index (χ3v) is 13.4. The molecule has 0 spiro atoms. The predicted octanol–water partition coefficient (Wildman–Crippen LogP) is 2.95. The first-order valence-electron chi connectivity index (χ1n) is 25.2. The minimum absolute atomic E-state index is 0. The molecular formula is C47H88NaO17P. The first-order valence-corrected chi connectivity index (χ1v) is 26.7. The molecule has 19 heteroatoms. The molecule has 1 saturated heterocycles. The number of ether oxygens (including phenoxy) is 4. The van der Waals surface area contributed by atoms with Gasteiger partial charge < -0.3 is 68.6 Å². The van der Waals surface area contributed by atoms with Crippen molar-refractivity contribution in [1.29, 1.82) is 0 Å². The van der Waals surface area contributed by atoms with Crippen LogP contribution in [0.4, 0.5) is 0 Å². The quantitative estimate of drug-likeness (QED) is 0.0202. The van der Waals surface area contributed by atoms with E-state index < -0.39 is 113 Å². The van der Waals surface area contributed by atoms with E-state index in [-0.39, 0.29) is 42.4 Å². The first-order chi connectivity index (χ1) is 31.2. The number of phosphoric acid groups is 1. The van der Waals surface area contributed by atoms with Crippen molar-refractivity contribution < 1.29 is 112 Å². The Bertz CT molecular complexity index is 1270. The van der Waals surface area contributed by atoms with E-state index in [1.165, 1.54) is 103 Å². The fraction of sp³-hybridized carbons (Fsp3) is 0.957. The second-order valence-electron chi connectivity index (χ2n) is 18.2. The van der Waals surface area contributed by atoms with Gasteiger partial charge in [0.15, 0.2) is 12.4 Å². The van der Waals surface area contributed by atoms with Crippen LogP contribution >= 0.6 is 7.82 Å². The van der Waals surface area contributed by atoms with Gasteiger partial charge in [0.05, 0.1) is 19.3 Å². The molecule has 1 aliphatic carbocycles. The summed E-state index contributed by atoms with van der Waals surface area (Å²) in [5.74, 6) is -1.20. The molecule has 2 rings (SSSR count). The standard InChI is InChI=1S/C47H89O17P.Na/c1-3-5-7-9-11-13-15-17-19-21-23-25-27-29-38(50)59-33-35(61-39(51)30-28-26-24-22-20-18-16-14-12-10-8-6-4-2)34-60-65(57,58)64-47-45(56)43(54)42(53)44(55)46(47)63-40-31-36(49)41(52)37(32-48)62-40;/h35-37,40-49,52-56H,3-34H2,1-2H3,(H,57,58);/q;+1/p-1/t35-,36-,37-,40-,41+,42-,43-,44+,45-,46-,47-;/m1./s1. The van der Waals surface area contributed by atoms with E-state index in [1.54, 1.807) is 0 Å². The number of hydrogen-bond donors (Lipinski definition) is 7. The normalized spacial score (nSPS) is 26.9. The largest absolute Gasteiger partial charge is 1.00 e. The molecule has 0 bridgehead atoms. The van der Waals surface area contributed by atoms with Crippen molar-refractivity contribution in [2.24, 2.45) is 0 Å². The average Bonchev–Trinajstić information content (AvgIpc) is 3.28. The van der Waals surface area contributed by atoms with Gasteiger partial charge in [-0.1, -0.05) is 168 Å². The number of phosphoric ester groups is 1. The molecular weight excluding hydrogens is 890 g/mol. The van der Waals surface area contributed by atoms with Crippen LogP contribution in [0.2, 0.25) is 0 Å². The Morgan fingerprint density at radius 3 is 1.44 bits per heavy atom. The van der Waals surface area contributed by atoms with E-state index >= 15 is 0 Å². The Morgan fingerprint density at radius 1 is 0.591 bits per heavy atom. The zero-order chi connectivity index (χ0) is 47.9. The van der Waals surface area contributed by atoms with Crippen molar-refractivity contribution in [3.05, 3.63) is 0 Å². The van der Waals surface area contributed by atoms with Gasteiger partial charge >= 0.3 is 41.5 Å². The predicted molar refractivity (Wildman–Crippen MR) is 241 cm³/mol. The van der Waals surface area contributed by atoms with Crippen LogP contribution in [0.1, 0.15) is 200 Å². The summed E-state index contributed by atoms with van der Waals surface area (Å²) >= 11 is 0. The molecule has 384 valence electrons. The van der Waals surface area contributed by atoms with Crippen molar-refractivity contribution in [1.82, 2.24) is 0 Å². The Balaban J connectivity index is 0.0000218. The van der Waals surface area contributed by atoms with Crippen LogP contribution in [0.25, 0.3) is 0 Å². The zero-order valence-electron chi connectivity index (χ0n) is 40.6. The summed E-state index contributed by atoms with van der Waals surface area (Å²) in [6, 6.07) is 0. The van der Waals surface area contributed by atoms with Crippen molar-refractivity contribution in [2.75, 3.05) is 19.8 Å². The number of aliphatic hydroxyl groups excluding tert-OH is 7. The fourth-order valence-electron chi connectivity index (χ4n) is 8.34. The number of esters is 2. The van der Waals surface area contributed by atoms with Crippen LogP contribution < -0.4 is 34.5 Å². The van der Waals surface area contributed by atoms with Crippen LogP contribution in [0.15, 0.2) is 0 Å². The number of aliphatic hydroxyl groups is 7. The molecule has 66 heavy (non-hydrogen) atoms. The van der Waals surface area contributed by atoms with E-state index in [0.717, 1.165) is 51.4 Å². The fourth-order valence-corrected chi connectivity index (χ4v) is 9.29. The first kappa shape index (κ1) is 63.7. The van der Waals surface area contributed by atoms with Crippen LogP contribution in [0, 0.1) is 0 Å². The molecule has 0 amide bonds. The molecule has 17 nitrogen and oxygen atoms in total. The number of rotatable bonds is 39. The molecule has 0 radical (unpaired) electrons. The molecule has 2 aliphatic rings. The Kier molecular flexibility index (Phi) is 37.0. The summed E-state index contributed by atoms with van der Waals surface area (Å²) in [5, 5.41) is 72.2. The van der Waals surface area contributed by atoms with Gasteiger partial charge in [-0.05, 0) is 12.8 Å². The maximum Gasteiger partial charge on any atom is 1.00 e. The summed E-state index contributed by atoms with van der Waals surface area (Å²) in [4.78, 5) is 38.9. The van der Waals surface area contributed by atoms with Gasteiger partial charge in [0.2, 0.25) is 0 Å². The molecule has 1 aliphatic heterocycles. The summed E-state index contributed by atoms with van der Waals surface area (Å²) in [6.07, 6.45) is 9.72. The minimum atomic E-state index is -5.54. The van der Waals surface area contributed by atoms with E-state index in [2.05, 4.69) is 13.8 Å². The Labute approximate surface area is 417 Å². The SMILES string of the molecule is CCCCCCCCCCCCCCCC(=O)OC[C@H](COP(=O)([O-])O[C@@H]1[C@H](O)[C@H](O)[C@@H](O)[C@H](O)[C@H]1O[C@@H]1C[C@@H](O)[C@H](O)[C@@H](CO)O1)OC(=O)CCCCCCCCCCCCCCC.[Na+]. The third-order valence-electron chi connectivity index (χ3n) is 12.4. The summed E-state index contributed by atoms with van der Waals surface area (Å²) in [6.45, 7) is 2.33. The Hall–Kier alpha value is -0.310. The maximum absolute atomic E-state index is 13.3. The van der Waals surface area contributed by atoms with Gasteiger partial charge in [0, 0.05) is 19.3 Å². The van der Waals surface area contributed by atoms with E-state index in [4.69, 9.17) is 28.0 Å². The van der Waals surface area contributed by atoms with Gasteiger partial charge in [0.1, 0.15) is 55.4 Å². The molecule has 1 unspecified atom stereocenters. The number of hydrogen-bond acceptors (Lipinski definition) is 17. The zero-order valence-corrected chi connectivity index (χ0v) is 43.5. The molecule has 1 saturated carbocycles.